The summed E-state index contributed by atoms with van der Waals surface area (Å²) in [6.45, 7) is 3.21. The van der Waals surface area contributed by atoms with Crippen LogP contribution in [-0.4, -0.2) is 32.0 Å². The highest BCUT2D eigenvalue weighted by Gasteiger charge is 2.27. The second-order valence-electron chi connectivity index (χ2n) is 7.31. The van der Waals surface area contributed by atoms with Crippen LogP contribution in [0.25, 0.3) is 0 Å². The van der Waals surface area contributed by atoms with Crippen molar-refractivity contribution in [2.45, 2.75) is 18.7 Å². The zero-order valence-electron chi connectivity index (χ0n) is 18.0. The number of carbonyl (C=O) groups excluding carboxylic acids is 1. The van der Waals surface area contributed by atoms with Gasteiger partial charge >= 0.3 is 0 Å². The first-order valence-corrected chi connectivity index (χ1v) is 11.3. The van der Waals surface area contributed by atoms with Crippen LogP contribution in [0.15, 0.2) is 82.8 Å². The quantitative estimate of drug-likeness (QED) is 0.309. The zero-order valence-corrected chi connectivity index (χ0v) is 18.8. The van der Waals surface area contributed by atoms with Gasteiger partial charge in [0.1, 0.15) is 6.54 Å². The molecular formula is C23H22N4O5S. The average molecular weight is 467 g/mol. The number of anilines is 1. The van der Waals surface area contributed by atoms with Crippen molar-refractivity contribution in [1.29, 1.82) is 0 Å². The minimum atomic E-state index is -4.03. The van der Waals surface area contributed by atoms with Crippen molar-refractivity contribution < 1.29 is 18.1 Å². The van der Waals surface area contributed by atoms with Gasteiger partial charge in [-0.1, -0.05) is 47.5 Å². The summed E-state index contributed by atoms with van der Waals surface area (Å²) < 4.78 is 27.6. The predicted octanol–water partition coefficient (Wildman–Crippen LogP) is 3.56. The molecule has 0 unspecified atom stereocenters. The van der Waals surface area contributed by atoms with Crippen molar-refractivity contribution >= 4 is 33.5 Å². The number of hydrogen-bond acceptors (Lipinski definition) is 6. The Morgan fingerprint density at radius 2 is 1.64 bits per heavy atom. The van der Waals surface area contributed by atoms with Crippen LogP contribution in [-0.2, 0) is 14.8 Å². The highest BCUT2D eigenvalue weighted by atomic mass is 32.2. The second kappa shape index (κ2) is 10.0. The molecule has 0 aliphatic rings. The van der Waals surface area contributed by atoms with Crippen LogP contribution >= 0.6 is 0 Å². The Kier molecular flexibility index (Phi) is 7.19. The number of aryl methyl sites for hydroxylation is 2. The minimum absolute atomic E-state index is 0.0570. The number of hydrogen-bond donors (Lipinski definition) is 1. The molecule has 0 heterocycles. The van der Waals surface area contributed by atoms with E-state index < -0.39 is 27.4 Å². The van der Waals surface area contributed by atoms with E-state index in [1.54, 1.807) is 42.5 Å². The topological polar surface area (TPSA) is 122 Å². The molecule has 0 bridgehead atoms. The van der Waals surface area contributed by atoms with Gasteiger partial charge in [0, 0.05) is 17.7 Å². The molecule has 33 heavy (non-hydrogen) atoms. The van der Waals surface area contributed by atoms with Crippen molar-refractivity contribution in [3.8, 4) is 0 Å². The maximum Gasteiger partial charge on any atom is 0.270 e. The lowest BCUT2D eigenvalue weighted by Crippen LogP contribution is -2.39. The van der Waals surface area contributed by atoms with Crippen LogP contribution in [0.2, 0.25) is 0 Å². The van der Waals surface area contributed by atoms with E-state index in [9.17, 15) is 23.3 Å². The normalized spacial score (nSPS) is 11.3. The van der Waals surface area contributed by atoms with Crippen LogP contribution in [0.1, 0.15) is 16.7 Å². The van der Waals surface area contributed by atoms with E-state index >= 15 is 0 Å². The lowest BCUT2D eigenvalue weighted by Gasteiger charge is -2.24. The van der Waals surface area contributed by atoms with Gasteiger partial charge in [-0.3, -0.25) is 19.2 Å². The third-order valence-electron chi connectivity index (χ3n) is 4.70. The Hall–Kier alpha value is -4.05. The Balaban J connectivity index is 1.82. The van der Waals surface area contributed by atoms with Crippen LogP contribution in [0.3, 0.4) is 0 Å². The first-order valence-electron chi connectivity index (χ1n) is 9.89. The van der Waals surface area contributed by atoms with E-state index in [0.29, 0.717) is 11.3 Å². The summed E-state index contributed by atoms with van der Waals surface area (Å²) >= 11 is 0. The molecule has 170 valence electrons. The summed E-state index contributed by atoms with van der Waals surface area (Å²) in [5, 5.41) is 14.7. The molecule has 3 rings (SSSR count). The van der Waals surface area contributed by atoms with Gasteiger partial charge in [-0.15, -0.1) is 0 Å². The summed E-state index contributed by atoms with van der Waals surface area (Å²) in [6.07, 6.45) is 1.25. The van der Waals surface area contributed by atoms with Gasteiger partial charge in [0.05, 0.1) is 21.7 Å². The number of sulfonamides is 1. The molecule has 0 aromatic heterocycles. The molecule has 3 aromatic carbocycles. The average Bonchev–Trinajstić information content (AvgIpc) is 2.78. The Labute approximate surface area is 191 Å². The number of nitrogens with zero attached hydrogens (tertiary/aromatic N) is 3. The minimum Gasteiger partial charge on any atom is -0.271 e. The van der Waals surface area contributed by atoms with Gasteiger partial charge in [-0.2, -0.15) is 5.10 Å². The molecule has 3 aromatic rings. The molecule has 0 aliphatic heterocycles. The fraction of sp³-hybridized carbons (Fsp3) is 0.130. The summed E-state index contributed by atoms with van der Waals surface area (Å²) in [5.41, 5.74) is 4.76. The van der Waals surface area contributed by atoms with E-state index in [4.69, 9.17) is 0 Å². The number of non-ortho nitro benzene ring substituents is 1. The fourth-order valence-electron chi connectivity index (χ4n) is 2.93. The van der Waals surface area contributed by atoms with Gasteiger partial charge in [-0.25, -0.2) is 13.8 Å². The molecule has 10 heteroatoms. The highest BCUT2D eigenvalue weighted by molar-refractivity contribution is 7.92. The van der Waals surface area contributed by atoms with Crippen LogP contribution in [0.4, 0.5) is 11.4 Å². The van der Waals surface area contributed by atoms with E-state index in [1.807, 2.05) is 13.8 Å². The molecule has 0 aliphatic carbocycles. The van der Waals surface area contributed by atoms with Crippen molar-refractivity contribution in [1.82, 2.24) is 5.43 Å². The smallest absolute Gasteiger partial charge is 0.270 e. The number of nitro groups is 1. The number of benzene rings is 3. The first kappa shape index (κ1) is 23.6. The molecule has 0 saturated heterocycles. The Bertz CT molecular complexity index is 1290. The van der Waals surface area contributed by atoms with E-state index in [-0.39, 0.29) is 10.6 Å². The number of carbonyl (C=O) groups is 1. The summed E-state index contributed by atoms with van der Waals surface area (Å²) in [5.74, 6) is -0.673. The van der Waals surface area contributed by atoms with E-state index in [2.05, 4.69) is 10.5 Å². The van der Waals surface area contributed by atoms with E-state index in [1.165, 1.54) is 36.5 Å². The molecular weight excluding hydrogens is 444 g/mol. The number of nitro benzene ring substituents is 1. The Morgan fingerprint density at radius 1 is 1.03 bits per heavy atom. The lowest BCUT2D eigenvalue weighted by atomic mass is 10.2. The van der Waals surface area contributed by atoms with Gasteiger partial charge in [-0.05, 0) is 38.1 Å². The number of rotatable bonds is 8. The fourth-order valence-corrected chi connectivity index (χ4v) is 4.35. The molecule has 0 radical (unpaired) electrons. The lowest BCUT2D eigenvalue weighted by molar-refractivity contribution is -0.384. The number of hydrazone groups is 1. The van der Waals surface area contributed by atoms with Crippen molar-refractivity contribution in [2.24, 2.45) is 5.10 Å². The summed E-state index contributed by atoms with van der Waals surface area (Å²) in [4.78, 5) is 22.9. The standard InChI is InChI=1S/C23H22N4O5S/c1-17-6-10-20(11-7-17)26(33(31,32)22-12-8-18(2)9-13-22)16-23(28)25-24-15-19-4-3-5-21(14-19)27(29)30/h3-15H,16H2,1-2H3,(H,25,28)/b24-15-. The largest absolute Gasteiger partial charge is 0.271 e. The monoisotopic (exact) mass is 466 g/mol. The van der Waals surface area contributed by atoms with Crippen molar-refractivity contribution in [3.63, 3.8) is 0 Å². The summed E-state index contributed by atoms with van der Waals surface area (Å²) in [6, 6.07) is 18.8. The number of nitrogens with one attached hydrogen (secondary N) is 1. The third-order valence-corrected chi connectivity index (χ3v) is 6.49. The molecule has 0 spiro atoms. The van der Waals surface area contributed by atoms with Crippen molar-refractivity contribution in [3.05, 3.63) is 99.6 Å². The van der Waals surface area contributed by atoms with Crippen molar-refractivity contribution in [2.75, 3.05) is 10.8 Å². The first-order chi connectivity index (χ1) is 15.7. The van der Waals surface area contributed by atoms with Gasteiger partial charge < -0.3 is 0 Å². The van der Waals surface area contributed by atoms with Crippen LogP contribution < -0.4 is 9.73 Å². The molecule has 0 atom stereocenters. The molecule has 1 N–H and O–H groups in total. The SMILES string of the molecule is Cc1ccc(N(CC(=O)N/N=C\c2cccc([N+](=O)[O-])c2)S(=O)(=O)c2ccc(C)cc2)cc1. The second-order valence-corrected chi connectivity index (χ2v) is 9.17. The van der Waals surface area contributed by atoms with Gasteiger partial charge in [0.25, 0.3) is 21.6 Å². The van der Waals surface area contributed by atoms with Crippen LogP contribution in [0, 0.1) is 24.0 Å². The van der Waals surface area contributed by atoms with Gasteiger partial charge in [0.15, 0.2) is 0 Å². The zero-order chi connectivity index (χ0) is 24.0. The van der Waals surface area contributed by atoms with Gasteiger partial charge in [0.2, 0.25) is 0 Å². The molecule has 0 saturated carbocycles. The summed E-state index contributed by atoms with van der Waals surface area (Å²) in [7, 11) is -4.03. The highest BCUT2D eigenvalue weighted by Crippen LogP contribution is 2.24. The maximum absolute atomic E-state index is 13.3. The molecule has 1 amide bonds. The maximum atomic E-state index is 13.3. The molecule has 9 nitrogen and oxygen atoms in total. The predicted molar refractivity (Wildman–Crippen MR) is 126 cm³/mol. The third kappa shape index (κ3) is 6.01. The number of amides is 1. The van der Waals surface area contributed by atoms with E-state index in [0.717, 1.165) is 15.4 Å². The molecule has 0 fully saturated rings. The Morgan fingerprint density at radius 3 is 2.24 bits per heavy atom. The van der Waals surface area contributed by atoms with Crippen LogP contribution in [0.5, 0.6) is 0 Å².